The van der Waals surface area contributed by atoms with Crippen LogP contribution in [0, 0.1) is 6.92 Å². The maximum Gasteiger partial charge on any atom is 0.416 e. The van der Waals surface area contributed by atoms with Crippen LogP contribution in [0.1, 0.15) is 27.9 Å². The van der Waals surface area contributed by atoms with Gasteiger partial charge in [-0.05, 0) is 36.2 Å². The molecule has 162 valence electrons. The van der Waals surface area contributed by atoms with Gasteiger partial charge in [-0.3, -0.25) is 9.69 Å². The van der Waals surface area contributed by atoms with Gasteiger partial charge in [0.25, 0.3) is 5.56 Å². The molecule has 3 aromatic rings. The standard InChI is InChI=1S/C23H22F3N3O2/c1-14-11-15(3-8-20(14)31-2)12-29-10-9-19-18(13-29)22(30)28-21(27-19)16-4-6-17(7-5-16)23(24,25)26/h3-8,11H,9-10,12-13H2,1-2H3,(H,27,28,30). The highest BCUT2D eigenvalue weighted by molar-refractivity contribution is 5.56. The molecular weight excluding hydrogens is 407 g/mol. The first kappa shape index (κ1) is 21.1. The molecule has 0 saturated carbocycles. The summed E-state index contributed by atoms with van der Waals surface area (Å²) < 4.78 is 43.6. The van der Waals surface area contributed by atoms with E-state index in [0.29, 0.717) is 36.3 Å². The van der Waals surface area contributed by atoms with E-state index >= 15 is 0 Å². The minimum atomic E-state index is -4.40. The molecule has 8 heteroatoms. The topological polar surface area (TPSA) is 58.2 Å². The number of aromatic nitrogens is 2. The Labute approximate surface area is 177 Å². The van der Waals surface area contributed by atoms with Crippen LogP contribution in [-0.4, -0.2) is 28.5 Å². The maximum absolute atomic E-state index is 12.8. The SMILES string of the molecule is COc1ccc(CN2CCc3nc(-c4ccc(C(F)(F)F)cc4)[nH]c(=O)c3C2)cc1C. The minimum Gasteiger partial charge on any atom is -0.496 e. The summed E-state index contributed by atoms with van der Waals surface area (Å²) in [4.78, 5) is 22.1. The van der Waals surface area contributed by atoms with Crippen molar-refractivity contribution in [3.63, 3.8) is 0 Å². The first-order valence-corrected chi connectivity index (χ1v) is 9.90. The van der Waals surface area contributed by atoms with Gasteiger partial charge in [0.2, 0.25) is 0 Å². The second-order valence-electron chi connectivity index (χ2n) is 7.68. The first-order valence-electron chi connectivity index (χ1n) is 9.90. The molecule has 0 amide bonds. The van der Waals surface area contributed by atoms with Crippen LogP contribution in [0.5, 0.6) is 5.75 Å². The molecule has 0 radical (unpaired) electrons. The number of halogens is 3. The van der Waals surface area contributed by atoms with Crippen LogP contribution in [0.4, 0.5) is 13.2 Å². The van der Waals surface area contributed by atoms with Gasteiger partial charge in [0.15, 0.2) is 0 Å². The molecule has 0 spiro atoms. The van der Waals surface area contributed by atoms with E-state index < -0.39 is 11.7 Å². The number of benzene rings is 2. The average Bonchev–Trinajstić information content (AvgIpc) is 2.74. The number of rotatable bonds is 4. The van der Waals surface area contributed by atoms with Crippen molar-refractivity contribution in [2.75, 3.05) is 13.7 Å². The average molecular weight is 429 g/mol. The Hall–Kier alpha value is -3.13. The Kier molecular flexibility index (Phi) is 5.58. The van der Waals surface area contributed by atoms with Crippen molar-refractivity contribution in [2.45, 2.75) is 32.6 Å². The van der Waals surface area contributed by atoms with Gasteiger partial charge in [-0.25, -0.2) is 4.98 Å². The fourth-order valence-corrected chi connectivity index (χ4v) is 3.87. The van der Waals surface area contributed by atoms with Crippen molar-refractivity contribution in [3.05, 3.63) is 80.8 Å². The molecule has 0 atom stereocenters. The van der Waals surface area contributed by atoms with Gasteiger partial charge in [-0.15, -0.1) is 0 Å². The zero-order valence-corrected chi connectivity index (χ0v) is 17.2. The van der Waals surface area contributed by atoms with Crippen LogP contribution in [0.15, 0.2) is 47.3 Å². The van der Waals surface area contributed by atoms with Crippen molar-refractivity contribution < 1.29 is 17.9 Å². The van der Waals surface area contributed by atoms with Gasteiger partial charge < -0.3 is 9.72 Å². The monoisotopic (exact) mass is 429 g/mol. The van der Waals surface area contributed by atoms with Crippen molar-refractivity contribution in [1.29, 1.82) is 0 Å². The largest absolute Gasteiger partial charge is 0.496 e. The summed E-state index contributed by atoms with van der Waals surface area (Å²) in [6.45, 7) is 3.90. The summed E-state index contributed by atoms with van der Waals surface area (Å²) in [7, 11) is 1.64. The van der Waals surface area contributed by atoms with Gasteiger partial charge in [0, 0.05) is 31.6 Å². The van der Waals surface area contributed by atoms with Crippen molar-refractivity contribution in [2.24, 2.45) is 0 Å². The summed E-state index contributed by atoms with van der Waals surface area (Å²) in [5, 5.41) is 0. The molecule has 4 rings (SSSR count). The molecule has 31 heavy (non-hydrogen) atoms. The fraction of sp³-hybridized carbons (Fsp3) is 0.304. The second kappa shape index (κ2) is 8.19. The Bertz CT molecular complexity index is 1150. The van der Waals surface area contributed by atoms with E-state index in [1.54, 1.807) is 7.11 Å². The van der Waals surface area contributed by atoms with Crippen LogP contribution < -0.4 is 10.3 Å². The van der Waals surface area contributed by atoms with Crippen LogP contribution in [0.25, 0.3) is 11.4 Å². The Morgan fingerprint density at radius 2 is 1.90 bits per heavy atom. The van der Waals surface area contributed by atoms with E-state index in [1.807, 2.05) is 19.1 Å². The van der Waals surface area contributed by atoms with Crippen molar-refractivity contribution in [3.8, 4) is 17.1 Å². The highest BCUT2D eigenvalue weighted by Crippen LogP contribution is 2.30. The lowest BCUT2D eigenvalue weighted by Gasteiger charge is -2.28. The molecule has 0 bridgehead atoms. The van der Waals surface area contributed by atoms with E-state index in [4.69, 9.17) is 4.74 Å². The highest BCUT2D eigenvalue weighted by Gasteiger charge is 2.30. The number of methoxy groups -OCH3 is 1. The van der Waals surface area contributed by atoms with Crippen molar-refractivity contribution in [1.82, 2.24) is 14.9 Å². The van der Waals surface area contributed by atoms with E-state index in [0.717, 1.165) is 35.6 Å². The van der Waals surface area contributed by atoms with Gasteiger partial charge in [-0.2, -0.15) is 13.2 Å². The lowest BCUT2D eigenvalue weighted by Crippen LogP contribution is -2.35. The van der Waals surface area contributed by atoms with Gasteiger partial charge in [0.1, 0.15) is 11.6 Å². The smallest absolute Gasteiger partial charge is 0.416 e. The summed E-state index contributed by atoms with van der Waals surface area (Å²) in [5.74, 6) is 1.13. The first-order chi connectivity index (χ1) is 14.7. The second-order valence-corrected chi connectivity index (χ2v) is 7.68. The summed E-state index contributed by atoms with van der Waals surface area (Å²) >= 11 is 0. The Morgan fingerprint density at radius 1 is 1.16 bits per heavy atom. The number of fused-ring (bicyclic) bond motifs is 1. The molecule has 2 heterocycles. The maximum atomic E-state index is 12.8. The summed E-state index contributed by atoms with van der Waals surface area (Å²) in [6, 6.07) is 10.7. The molecule has 5 nitrogen and oxygen atoms in total. The Balaban J connectivity index is 1.53. The zero-order valence-electron chi connectivity index (χ0n) is 17.2. The van der Waals surface area contributed by atoms with Crippen LogP contribution in [0.3, 0.4) is 0 Å². The fourth-order valence-electron chi connectivity index (χ4n) is 3.87. The molecular formula is C23H22F3N3O2. The van der Waals surface area contributed by atoms with Gasteiger partial charge >= 0.3 is 6.18 Å². The number of H-pyrrole nitrogens is 1. The van der Waals surface area contributed by atoms with Crippen LogP contribution >= 0.6 is 0 Å². The molecule has 1 aliphatic rings. The number of ether oxygens (including phenoxy) is 1. The zero-order chi connectivity index (χ0) is 22.2. The quantitative estimate of drug-likeness (QED) is 0.671. The minimum absolute atomic E-state index is 0.254. The number of nitrogens with zero attached hydrogens (tertiary/aromatic N) is 2. The third kappa shape index (κ3) is 4.49. The molecule has 1 aromatic heterocycles. The normalized spacial score (nSPS) is 14.4. The predicted octanol–water partition coefficient (Wildman–Crippen LogP) is 4.33. The van der Waals surface area contributed by atoms with E-state index in [-0.39, 0.29) is 11.4 Å². The Morgan fingerprint density at radius 3 is 2.55 bits per heavy atom. The van der Waals surface area contributed by atoms with E-state index in [2.05, 4.69) is 20.9 Å². The molecule has 0 fully saturated rings. The van der Waals surface area contributed by atoms with Crippen molar-refractivity contribution >= 4 is 0 Å². The number of aromatic amines is 1. The molecule has 0 unspecified atom stereocenters. The number of alkyl halides is 3. The molecule has 2 aromatic carbocycles. The number of aryl methyl sites for hydroxylation is 1. The van der Waals surface area contributed by atoms with E-state index in [9.17, 15) is 18.0 Å². The van der Waals surface area contributed by atoms with Gasteiger partial charge in [-0.1, -0.05) is 24.3 Å². The number of nitrogens with one attached hydrogen (secondary N) is 1. The number of hydrogen-bond acceptors (Lipinski definition) is 4. The highest BCUT2D eigenvalue weighted by atomic mass is 19.4. The predicted molar refractivity (Wildman–Crippen MR) is 111 cm³/mol. The van der Waals surface area contributed by atoms with Gasteiger partial charge in [0.05, 0.1) is 23.9 Å². The third-order valence-corrected chi connectivity index (χ3v) is 5.50. The lowest BCUT2D eigenvalue weighted by molar-refractivity contribution is -0.137. The third-order valence-electron chi connectivity index (χ3n) is 5.50. The van der Waals surface area contributed by atoms with E-state index in [1.165, 1.54) is 12.1 Å². The summed E-state index contributed by atoms with van der Waals surface area (Å²) in [6.07, 6.45) is -3.80. The molecule has 1 aliphatic heterocycles. The van der Waals surface area contributed by atoms with Crippen LogP contribution in [0.2, 0.25) is 0 Å². The number of hydrogen-bond donors (Lipinski definition) is 1. The molecule has 0 aliphatic carbocycles. The van der Waals surface area contributed by atoms with Crippen LogP contribution in [-0.2, 0) is 25.7 Å². The summed E-state index contributed by atoms with van der Waals surface area (Å²) in [5.41, 5.74) is 2.94. The molecule has 1 N–H and O–H groups in total. The molecule has 0 saturated heterocycles. The lowest BCUT2D eigenvalue weighted by atomic mass is 10.0.